The Morgan fingerprint density at radius 2 is 0.564 bits per heavy atom. The van der Waals surface area contributed by atoms with Crippen molar-refractivity contribution in [1.29, 1.82) is 0 Å². The van der Waals surface area contributed by atoms with Gasteiger partial charge in [-0.05, 0) is 258 Å². The molecule has 1 aliphatic heterocycles. The maximum atomic E-state index is 13.5. The molecule has 0 unspecified atom stereocenters. The number of fused-ring (bicyclic) bond motifs is 1. The molecule has 1 nitrogen and oxygen atoms in total. The van der Waals surface area contributed by atoms with E-state index in [0.29, 0.717) is 38.9 Å². The number of halogens is 22. The van der Waals surface area contributed by atoms with E-state index in [4.69, 9.17) is 27.9 Å². The molecule has 1 heterocycles. The molecule has 0 fully saturated rings. The van der Waals surface area contributed by atoms with Crippen molar-refractivity contribution in [2.45, 2.75) is 356 Å². The van der Waals surface area contributed by atoms with E-state index in [1.807, 2.05) is 86.6 Å². The number of ether oxygens (including phenoxy) is 1. The Bertz CT molecular complexity index is 6030. The molecule has 149 heavy (non-hydrogen) atoms. The molecule has 0 aliphatic carbocycles. The molecule has 822 valence electrons. The van der Waals surface area contributed by atoms with Gasteiger partial charge in [0.15, 0.2) is 34.9 Å². The van der Waals surface area contributed by atoms with Gasteiger partial charge in [0, 0.05) is 34.9 Å². The highest BCUT2D eigenvalue weighted by Gasteiger charge is 2.30. The Morgan fingerprint density at radius 3 is 0.953 bits per heavy atom. The largest absolute Gasteiger partial charge is 0.372 e. The molecule has 0 spiro atoms. The summed E-state index contributed by atoms with van der Waals surface area (Å²) in [5, 5.41) is 0.393. The van der Waals surface area contributed by atoms with Gasteiger partial charge >= 0.3 is 0 Å². The predicted octanol–water partition coefficient (Wildman–Crippen LogP) is 42.1. The molecule has 0 N–H and O–H groups in total. The minimum Gasteiger partial charge on any atom is -0.372 e. The first-order valence-corrected chi connectivity index (χ1v) is 50.1. The first-order valence-electron chi connectivity index (χ1n) is 48.6. The van der Waals surface area contributed by atoms with E-state index in [2.05, 4.69) is 169 Å². The first kappa shape index (κ1) is 137. The quantitative estimate of drug-likeness (QED) is 0.109. The smallest absolute Gasteiger partial charge is 0.194 e. The molecule has 0 saturated heterocycles. The van der Waals surface area contributed by atoms with Gasteiger partial charge in [0.1, 0.15) is 75.6 Å². The zero-order valence-electron chi connectivity index (χ0n) is 93.7. The van der Waals surface area contributed by atoms with Crippen LogP contribution in [0.15, 0.2) is 205 Å². The summed E-state index contributed by atoms with van der Waals surface area (Å²) in [6.07, 6.45) is 0. The summed E-state index contributed by atoms with van der Waals surface area (Å²) in [6, 6.07) is 51.8. The summed E-state index contributed by atoms with van der Waals surface area (Å²) < 4.78 is 251. The molecule has 12 aromatic carbocycles. The third kappa shape index (κ3) is 45.3. The van der Waals surface area contributed by atoms with E-state index in [1.54, 1.807) is 120 Å². The Morgan fingerprint density at radius 1 is 0.215 bits per heavy atom. The van der Waals surface area contributed by atoms with Crippen LogP contribution in [0, 0.1) is 131 Å². The summed E-state index contributed by atoms with van der Waals surface area (Å²) >= 11 is 14.5. The molecule has 12 aromatic rings. The molecular weight excluding hydrogens is 2040 g/mol. The van der Waals surface area contributed by atoms with Crippen molar-refractivity contribution in [3.8, 4) is 0 Å². The normalized spacial score (nSPS) is 12.1. The van der Waals surface area contributed by atoms with Crippen LogP contribution in [0.3, 0.4) is 0 Å². The van der Waals surface area contributed by atoms with Crippen molar-refractivity contribution < 1.29 is 88.2 Å². The summed E-state index contributed by atoms with van der Waals surface area (Å²) in [7, 11) is 0. The lowest BCUT2D eigenvalue weighted by Gasteiger charge is -2.21. The molecule has 0 bridgehead atoms. The molecule has 0 atom stereocenters. The highest BCUT2D eigenvalue weighted by atomic mass is 79.9. The number of hydrogen-bond donors (Lipinski definition) is 0. The topological polar surface area (TPSA) is 9.23 Å². The van der Waals surface area contributed by atoms with Crippen molar-refractivity contribution >= 4 is 39.1 Å². The lowest BCUT2D eigenvalue weighted by atomic mass is 9.84. The van der Waals surface area contributed by atoms with Crippen molar-refractivity contribution in [1.82, 2.24) is 0 Å². The highest BCUT2D eigenvalue weighted by molar-refractivity contribution is 9.10. The van der Waals surface area contributed by atoms with Crippen LogP contribution in [0.4, 0.5) is 83.4 Å². The van der Waals surface area contributed by atoms with Crippen LogP contribution in [-0.4, -0.2) is 0 Å². The van der Waals surface area contributed by atoms with Crippen molar-refractivity contribution in [3.05, 3.63) is 420 Å². The van der Waals surface area contributed by atoms with Gasteiger partial charge in [-0.15, -0.1) is 0 Å². The fourth-order valence-electron chi connectivity index (χ4n) is 14.1. The predicted molar refractivity (Wildman–Crippen MR) is 588 cm³/mol. The van der Waals surface area contributed by atoms with E-state index >= 15 is 0 Å². The Kier molecular flexibility index (Phi) is 51.9. The fourth-order valence-corrected chi connectivity index (χ4v) is 14.8. The van der Waals surface area contributed by atoms with Gasteiger partial charge in [-0.2, -0.15) is 0 Å². The van der Waals surface area contributed by atoms with Gasteiger partial charge in [0.2, 0.25) is 0 Å². The number of hydrogen-bond acceptors (Lipinski definition) is 1. The zero-order valence-corrected chi connectivity index (χ0v) is 96.8. The maximum Gasteiger partial charge on any atom is 0.194 e. The average Bonchev–Trinajstić information content (AvgIpc) is 1.03. The van der Waals surface area contributed by atoms with Crippen molar-refractivity contribution in [3.63, 3.8) is 0 Å². The van der Waals surface area contributed by atoms with E-state index < -0.39 is 104 Å². The average molecular weight is 2200 g/mol. The van der Waals surface area contributed by atoms with Gasteiger partial charge in [-0.25, -0.2) is 83.4 Å². The third-order valence-electron chi connectivity index (χ3n) is 22.9. The molecular formula is C126H158BrCl2F19O. The lowest BCUT2D eigenvalue weighted by Crippen LogP contribution is -2.16. The first-order chi connectivity index (χ1) is 66.9. The molecule has 13 rings (SSSR count). The van der Waals surface area contributed by atoms with Crippen LogP contribution in [0.2, 0.25) is 10.0 Å². The fraction of sp³-hybridized carbons (Fsp3) is 0.429. The standard InChI is InChI=1S/C12H16O.C11H14F2.C11H15F.C11H16.C10H12BrF.2C10H12ClF.3C10H11F3.2C10H12F2.CH4/c1-12(2,3)11-5-4-9-7-13-8-10(9)6-11;1-7-9(12)6-5-8(10(7)13)11(2,3)4;1-8-7-9(11(2,3)4)5-6-10(8)12;1-9-7-5-6-8-10(9)11(2,3)4;2*1-10(2,3)7-4-5-9(12)8(11)6-7;1-10(2,3)7-5-4-6-8(11)9(7)12;1-10(2,3)9-7(12)4-6(11)5-8(9)13;1-10(2,3)6-4-7(11)9(13)8(12)5-6;1-10(2,3)6-4-5-7(11)9(13)8(6)12;1-10(2,3)8-5-4-7(11)6-9(8)12;1-10(2,3)9-7(11)5-4-6-8(9)12;/h4-6H,7-8H2,1-3H3;5-6H,1-4H3;5-7H,1-4H3;5-8H,1-4H3;3*4-6H,1-3H3;3*4-5H,1-3H3;2*4-6H,1-3H3;1H4. The monoisotopic (exact) mass is 2200 g/mol. The SMILES string of the molecule is C.CC(C)(C)c1c(F)cc(F)cc1F.CC(C)(C)c1c(F)cccc1F.CC(C)(C)c1cc(F)c(F)c(F)c1.CC(C)(C)c1ccc(F)c(Br)c1.CC(C)(C)c1ccc(F)c(Cl)c1.CC(C)(C)c1ccc(F)c(F)c1F.CC(C)(C)c1ccc(F)cc1F.CC(C)(C)c1ccc2c(c1)COC2.CC(C)(C)c1cccc(Cl)c1F.Cc1c(F)ccc(C(C)(C)C)c1F.Cc1cc(C(C)(C)C)ccc1F.Cc1ccccc1C(C)(C)C. The number of aryl methyl sites for hydroxylation is 2. The zero-order chi connectivity index (χ0) is 115. The minimum atomic E-state index is -1.41. The molecule has 0 aromatic heterocycles. The van der Waals surface area contributed by atoms with Crippen LogP contribution in [0.5, 0.6) is 0 Å². The summed E-state index contributed by atoms with van der Waals surface area (Å²) in [5.74, 6) is -13.7. The Hall–Kier alpha value is -9.67. The number of rotatable bonds is 0. The summed E-state index contributed by atoms with van der Waals surface area (Å²) in [6.45, 7) is 77.6. The van der Waals surface area contributed by atoms with Crippen molar-refractivity contribution in [2.75, 3.05) is 0 Å². The van der Waals surface area contributed by atoms with Gasteiger partial charge < -0.3 is 4.74 Å². The minimum absolute atomic E-state index is 0. The van der Waals surface area contributed by atoms with Crippen LogP contribution < -0.4 is 0 Å². The van der Waals surface area contributed by atoms with E-state index in [1.165, 1.54) is 107 Å². The maximum absolute atomic E-state index is 13.5. The van der Waals surface area contributed by atoms with E-state index in [0.717, 1.165) is 54.2 Å². The molecule has 0 radical (unpaired) electrons. The highest BCUT2D eigenvalue weighted by Crippen LogP contribution is 2.38. The van der Waals surface area contributed by atoms with Crippen LogP contribution in [-0.2, 0) is 82.9 Å². The Labute approximate surface area is 897 Å². The van der Waals surface area contributed by atoms with Gasteiger partial charge in [-0.1, -0.05) is 383 Å². The second kappa shape index (κ2) is 56.3. The second-order valence-corrected chi connectivity index (χ2v) is 50.3. The molecule has 1 aliphatic rings. The molecule has 23 heteroatoms. The van der Waals surface area contributed by atoms with Gasteiger partial charge in [-0.3, -0.25) is 0 Å². The second-order valence-electron chi connectivity index (χ2n) is 48.6. The third-order valence-corrected chi connectivity index (χ3v) is 24.1. The van der Waals surface area contributed by atoms with Gasteiger partial charge in [0.25, 0.3) is 0 Å². The van der Waals surface area contributed by atoms with E-state index in [9.17, 15) is 83.4 Å². The molecule has 0 amide bonds. The van der Waals surface area contributed by atoms with Crippen LogP contribution in [0.1, 0.15) is 351 Å². The Balaban J connectivity index is 0.000000812. The van der Waals surface area contributed by atoms with Gasteiger partial charge in [0.05, 0.1) is 27.7 Å². The summed E-state index contributed by atoms with van der Waals surface area (Å²) in [4.78, 5) is 0. The van der Waals surface area contributed by atoms with E-state index in [-0.39, 0.29) is 112 Å². The molecule has 0 saturated carbocycles. The summed E-state index contributed by atoms with van der Waals surface area (Å²) in [5.41, 5.74) is 11.6. The van der Waals surface area contributed by atoms with Crippen LogP contribution in [0.25, 0.3) is 0 Å². The van der Waals surface area contributed by atoms with Crippen LogP contribution >= 0.6 is 39.1 Å². The lowest BCUT2D eigenvalue weighted by molar-refractivity contribution is 0.134. The van der Waals surface area contributed by atoms with Crippen molar-refractivity contribution in [2.24, 2.45) is 0 Å². The number of benzene rings is 12.